The van der Waals surface area contributed by atoms with Crippen LogP contribution in [0.1, 0.15) is 12.8 Å². The van der Waals surface area contributed by atoms with Crippen molar-refractivity contribution in [3.8, 4) is 17.1 Å². The molecule has 0 unspecified atom stereocenters. The summed E-state index contributed by atoms with van der Waals surface area (Å²) >= 11 is 1.71. The summed E-state index contributed by atoms with van der Waals surface area (Å²) in [5.74, 6) is 2.59. The van der Waals surface area contributed by atoms with Gasteiger partial charge in [0.1, 0.15) is 5.75 Å². The van der Waals surface area contributed by atoms with Crippen molar-refractivity contribution in [1.82, 2.24) is 14.8 Å². The second-order valence-corrected chi connectivity index (χ2v) is 6.02. The molecule has 23 heavy (non-hydrogen) atoms. The number of nitrogens with zero attached hydrogens (tertiary/aromatic N) is 3. The molecule has 0 amide bonds. The zero-order chi connectivity index (χ0) is 16.5. The third kappa shape index (κ3) is 4.59. The highest BCUT2D eigenvalue weighted by molar-refractivity contribution is 7.99. The summed E-state index contributed by atoms with van der Waals surface area (Å²) in [5, 5.41) is 9.62. The van der Waals surface area contributed by atoms with Crippen LogP contribution in [0.3, 0.4) is 0 Å². The van der Waals surface area contributed by atoms with Gasteiger partial charge < -0.3 is 9.47 Å². The number of rotatable bonds is 10. The Balaban J connectivity index is 2.19. The van der Waals surface area contributed by atoms with Crippen LogP contribution in [0.5, 0.6) is 5.75 Å². The maximum absolute atomic E-state index is 5.44. The minimum Gasteiger partial charge on any atom is -0.496 e. The topological polar surface area (TPSA) is 49.2 Å². The van der Waals surface area contributed by atoms with Crippen LogP contribution in [-0.4, -0.2) is 41.3 Å². The zero-order valence-corrected chi connectivity index (χ0v) is 14.5. The first kappa shape index (κ1) is 17.6. The number of hydrogen-bond donors (Lipinski definition) is 0. The molecular weight excluding hydrogens is 310 g/mol. The third-order valence-corrected chi connectivity index (χ3v) is 4.40. The number of aromatic nitrogens is 3. The Morgan fingerprint density at radius 2 is 2.04 bits per heavy atom. The minimum atomic E-state index is 0.667. The summed E-state index contributed by atoms with van der Waals surface area (Å²) in [6, 6.07) is 7.85. The minimum absolute atomic E-state index is 0.667. The highest BCUT2D eigenvalue weighted by atomic mass is 32.2. The molecular formula is C17H23N3O2S. The van der Waals surface area contributed by atoms with Crippen LogP contribution in [0.25, 0.3) is 11.4 Å². The van der Waals surface area contributed by atoms with Crippen molar-refractivity contribution in [2.45, 2.75) is 24.5 Å². The van der Waals surface area contributed by atoms with Gasteiger partial charge >= 0.3 is 0 Å². The lowest BCUT2D eigenvalue weighted by Gasteiger charge is -2.10. The molecule has 1 aromatic carbocycles. The molecule has 124 valence electrons. The number of unbranched alkanes of at least 4 members (excludes halogenated alkanes) is 1. The van der Waals surface area contributed by atoms with E-state index in [0.29, 0.717) is 6.54 Å². The molecule has 0 fully saturated rings. The van der Waals surface area contributed by atoms with Crippen LogP contribution >= 0.6 is 11.8 Å². The summed E-state index contributed by atoms with van der Waals surface area (Å²) < 4.78 is 12.6. The molecule has 2 rings (SSSR count). The van der Waals surface area contributed by atoms with E-state index in [0.717, 1.165) is 47.5 Å². The Kier molecular flexibility index (Phi) is 7.16. The summed E-state index contributed by atoms with van der Waals surface area (Å²) in [7, 11) is 3.39. The normalized spacial score (nSPS) is 10.7. The van der Waals surface area contributed by atoms with Crippen LogP contribution in [-0.2, 0) is 11.3 Å². The molecule has 0 aliphatic heterocycles. The third-order valence-electron chi connectivity index (χ3n) is 3.35. The summed E-state index contributed by atoms with van der Waals surface area (Å²) in [4.78, 5) is 0. The Morgan fingerprint density at radius 1 is 1.22 bits per heavy atom. The number of para-hydroxylation sites is 1. The van der Waals surface area contributed by atoms with E-state index in [1.165, 1.54) is 0 Å². The second-order valence-electron chi connectivity index (χ2n) is 4.95. The van der Waals surface area contributed by atoms with Crippen molar-refractivity contribution in [3.05, 3.63) is 36.9 Å². The van der Waals surface area contributed by atoms with Crippen molar-refractivity contribution in [1.29, 1.82) is 0 Å². The van der Waals surface area contributed by atoms with Gasteiger partial charge in [0.15, 0.2) is 11.0 Å². The molecule has 0 spiro atoms. The van der Waals surface area contributed by atoms with Crippen LogP contribution < -0.4 is 4.74 Å². The lowest BCUT2D eigenvalue weighted by atomic mass is 10.2. The van der Waals surface area contributed by atoms with Crippen LogP contribution in [0.4, 0.5) is 0 Å². The predicted molar refractivity (Wildman–Crippen MR) is 94.0 cm³/mol. The van der Waals surface area contributed by atoms with Gasteiger partial charge in [-0.05, 0) is 25.0 Å². The van der Waals surface area contributed by atoms with E-state index in [-0.39, 0.29) is 0 Å². The van der Waals surface area contributed by atoms with Crippen molar-refractivity contribution in [2.75, 3.05) is 26.6 Å². The predicted octanol–water partition coefficient (Wildman–Crippen LogP) is 3.66. The van der Waals surface area contributed by atoms with Gasteiger partial charge in [-0.2, -0.15) is 0 Å². The lowest BCUT2D eigenvalue weighted by Crippen LogP contribution is -2.02. The first-order chi connectivity index (χ1) is 11.3. The van der Waals surface area contributed by atoms with E-state index < -0.39 is 0 Å². The van der Waals surface area contributed by atoms with Crippen LogP contribution in [0, 0.1) is 0 Å². The highest BCUT2D eigenvalue weighted by Gasteiger charge is 2.16. The fraction of sp³-hybridized carbons (Fsp3) is 0.412. The number of ether oxygens (including phenoxy) is 2. The smallest absolute Gasteiger partial charge is 0.191 e. The molecule has 0 radical (unpaired) electrons. The fourth-order valence-corrected chi connectivity index (χ4v) is 3.18. The monoisotopic (exact) mass is 333 g/mol. The number of hydrogen-bond acceptors (Lipinski definition) is 5. The van der Waals surface area contributed by atoms with Crippen LogP contribution in [0.2, 0.25) is 0 Å². The number of allylic oxidation sites excluding steroid dienone is 1. The second kappa shape index (κ2) is 9.37. The Bertz CT molecular complexity index is 628. The SMILES string of the molecule is C=CCn1c(SCCCCOC)nnc1-c1ccccc1OC. The van der Waals surface area contributed by atoms with Crippen molar-refractivity contribution in [2.24, 2.45) is 0 Å². The first-order valence-electron chi connectivity index (χ1n) is 7.61. The number of thioether (sulfide) groups is 1. The Hall–Kier alpha value is -1.79. The standard InChI is InChI=1S/C17H23N3O2S/c1-4-11-20-16(14-9-5-6-10-15(14)22-3)18-19-17(20)23-13-8-7-12-21-2/h4-6,9-10H,1,7-8,11-13H2,2-3H3. The molecule has 2 aromatic rings. The molecule has 0 bridgehead atoms. The van der Waals surface area contributed by atoms with E-state index >= 15 is 0 Å². The van der Waals surface area contributed by atoms with Gasteiger partial charge in [0.25, 0.3) is 0 Å². The van der Waals surface area contributed by atoms with Gasteiger partial charge in [0, 0.05) is 26.0 Å². The summed E-state index contributed by atoms with van der Waals surface area (Å²) in [6.07, 6.45) is 4.00. The fourth-order valence-electron chi connectivity index (χ4n) is 2.23. The summed E-state index contributed by atoms with van der Waals surface area (Å²) in [6.45, 7) is 5.31. The van der Waals surface area contributed by atoms with Gasteiger partial charge in [-0.3, -0.25) is 4.57 Å². The van der Waals surface area contributed by atoms with Gasteiger partial charge in [0.05, 0.1) is 12.7 Å². The van der Waals surface area contributed by atoms with Gasteiger partial charge in [-0.1, -0.05) is 30.0 Å². The molecule has 1 heterocycles. The zero-order valence-electron chi connectivity index (χ0n) is 13.7. The van der Waals surface area contributed by atoms with E-state index in [4.69, 9.17) is 9.47 Å². The molecule has 1 aromatic heterocycles. The quantitative estimate of drug-likeness (QED) is 0.377. The van der Waals surface area contributed by atoms with Crippen LogP contribution in [0.15, 0.2) is 42.1 Å². The molecule has 0 saturated heterocycles. The average Bonchev–Trinajstić information content (AvgIpc) is 2.97. The van der Waals surface area contributed by atoms with E-state index in [2.05, 4.69) is 21.3 Å². The van der Waals surface area contributed by atoms with Gasteiger partial charge in [-0.25, -0.2) is 0 Å². The van der Waals surface area contributed by atoms with Crippen molar-refractivity contribution >= 4 is 11.8 Å². The molecule has 0 aliphatic rings. The molecule has 6 heteroatoms. The van der Waals surface area contributed by atoms with Gasteiger partial charge in [-0.15, -0.1) is 16.8 Å². The Labute approximate surface area is 141 Å². The van der Waals surface area contributed by atoms with Crippen molar-refractivity contribution in [3.63, 3.8) is 0 Å². The van der Waals surface area contributed by atoms with E-state index in [1.807, 2.05) is 30.3 Å². The highest BCUT2D eigenvalue weighted by Crippen LogP contribution is 2.31. The first-order valence-corrected chi connectivity index (χ1v) is 8.59. The Morgan fingerprint density at radius 3 is 2.78 bits per heavy atom. The maximum atomic E-state index is 5.44. The van der Waals surface area contributed by atoms with Gasteiger partial charge in [0.2, 0.25) is 0 Å². The maximum Gasteiger partial charge on any atom is 0.191 e. The number of methoxy groups -OCH3 is 2. The molecule has 5 nitrogen and oxygen atoms in total. The average molecular weight is 333 g/mol. The molecule has 0 atom stereocenters. The number of benzene rings is 1. The molecule has 0 N–H and O–H groups in total. The largest absolute Gasteiger partial charge is 0.496 e. The van der Waals surface area contributed by atoms with Crippen molar-refractivity contribution < 1.29 is 9.47 Å². The van der Waals surface area contributed by atoms with E-state index in [9.17, 15) is 0 Å². The molecule has 0 saturated carbocycles. The van der Waals surface area contributed by atoms with E-state index in [1.54, 1.807) is 26.0 Å². The molecule has 0 aliphatic carbocycles. The summed E-state index contributed by atoms with van der Waals surface area (Å²) in [5.41, 5.74) is 0.940. The lowest BCUT2D eigenvalue weighted by molar-refractivity contribution is 0.194.